The maximum atomic E-state index is 6.40. The Kier molecular flexibility index (Phi) is 5.53. The molecule has 0 aliphatic heterocycles. The molecule has 0 amide bonds. The molecule has 0 spiro atoms. The zero-order chi connectivity index (χ0) is 13.7. The van der Waals surface area contributed by atoms with Crippen molar-refractivity contribution in [2.45, 2.75) is 51.6 Å². The van der Waals surface area contributed by atoms with Crippen molar-refractivity contribution in [1.29, 1.82) is 0 Å². The highest BCUT2D eigenvalue weighted by atomic mass is 35.5. The van der Waals surface area contributed by atoms with Gasteiger partial charge in [0.1, 0.15) is 0 Å². The fourth-order valence-corrected chi connectivity index (χ4v) is 2.59. The van der Waals surface area contributed by atoms with Gasteiger partial charge >= 0.3 is 0 Å². The van der Waals surface area contributed by atoms with Crippen molar-refractivity contribution < 1.29 is 0 Å². The van der Waals surface area contributed by atoms with Crippen LogP contribution < -0.4 is 10.2 Å². The lowest BCUT2D eigenvalue weighted by Gasteiger charge is -2.21. The smallest absolute Gasteiger partial charge is 0.0642 e. The number of hydrogen-bond donors (Lipinski definition) is 1. The van der Waals surface area contributed by atoms with Gasteiger partial charge in [0.05, 0.1) is 10.7 Å². The first-order chi connectivity index (χ1) is 9.20. The number of nitrogens with one attached hydrogen (secondary N) is 1. The number of hydrogen-bond acceptors (Lipinski definition) is 2. The van der Waals surface area contributed by atoms with Gasteiger partial charge in [-0.25, -0.2) is 0 Å². The summed E-state index contributed by atoms with van der Waals surface area (Å²) in [4.78, 5) is 2.26. The van der Waals surface area contributed by atoms with Crippen LogP contribution in [0.5, 0.6) is 0 Å². The van der Waals surface area contributed by atoms with E-state index in [2.05, 4.69) is 42.4 Å². The molecule has 2 nitrogen and oxygen atoms in total. The largest absolute Gasteiger partial charge is 0.373 e. The molecule has 2 rings (SSSR count). The van der Waals surface area contributed by atoms with Gasteiger partial charge in [-0.2, -0.15) is 0 Å². The second kappa shape index (κ2) is 7.16. The molecule has 0 unspecified atom stereocenters. The first-order valence-corrected chi connectivity index (χ1v) is 7.81. The number of unbranched alkanes of at least 4 members (excludes halogenated alkanes) is 2. The molecule has 1 fully saturated rings. The molecule has 1 N–H and O–H groups in total. The predicted molar refractivity (Wildman–Crippen MR) is 84.1 cm³/mol. The second-order valence-electron chi connectivity index (χ2n) is 5.57. The SMILES string of the molecule is CCCCCN(C)c1ccc(CNC2CC2)cc1Cl. The van der Waals surface area contributed by atoms with E-state index in [-0.39, 0.29) is 0 Å². The maximum Gasteiger partial charge on any atom is 0.0642 e. The molecule has 1 aliphatic rings. The minimum atomic E-state index is 0.746. The van der Waals surface area contributed by atoms with E-state index in [4.69, 9.17) is 11.6 Å². The molecule has 19 heavy (non-hydrogen) atoms. The molecule has 0 bridgehead atoms. The quantitative estimate of drug-likeness (QED) is 0.717. The molecule has 0 heterocycles. The number of nitrogens with zero attached hydrogens (tertiary/aromatic N) is 1. The molecule has 1 aromatic carbocycles. The van der Waals surface area contributed by atoms with Gasteiger partial charge in [0.15, 0.2) is 0 Å². The monoisotopic (exact) mass is 280 g/mol. The Morgan fingerprint density at radius 3 is 2.74 bits per heavy atom. The summed E-state index contributed by atoms with van der Waals surface area (Å²) in [6.45, 7) is 4.24. The second-order valence-corrected chi connectivity index (χ2v) is 5.98. The molecular weight excluding hydrogens is 256 g/mol. The minimum Gasteiger partial charge on any atom is -0.373 e. The summed E-state index contributed by atoms with van der Waals surface area (Å²) in [6.07, 6.45) is 6.42. The molecule has 106 valence electrons. The average molecular weight is 281 g/mol. The van der Waals surface area contributed by atoms with Crippen LogP contribution in [0.1, 0.15) is 44.6 Å². The van der Waals surface area contributed by atoms with Gasteiger partial charge < -0.3 is 10.2 Å². The summed E-state index contributed by atoms with van der Waals surface area (Å²) >= 11 is 6.40. The van der Waals surface area contributed by atoms with Gasteiger partial charge in [-0.05, 0) is 37.0 Å². The van der Waals surface area contributed by atoms with Crippen molar-refractivity contribution in [2.24, 2.45) is 0 Å². The van der Waals surface area contributed by atoms with Crippen LogP contribution in [-0.4, -0.2) is 19.6 Å². The summed E-state index contributed by atoms with van der Waals surface area (Å²) < 4.78 is 0. The van der Waals surface area contributed by atoms with E-state index in [9.17, 15) is 0 Å². The molecule has 0 saturated heterocycles. The van der Waals surface area contributed by atoms with E-state index in [1.807, 2.05) is 0 Å². The van der Waals surface area contributed by atoms with E-state index in [0.29, 0.717) is 0 Å². The summed E-state index contributed by atoms with van der Waals surface area (Å²) in [7, 11) is 2.12. The summed E-state index contributed by atoms with van der Waals surface area (Å²) in [6, 6.07) is 7.18. The van der Waals surface area contributed by atoms with E-state index in [1.54, 1.807) is 0 Å². The minimum absolute atomic E-state index is 0.746. The highest BCUT2D eigenvalue weighted by Crippen LogP contribution is 2.27. The van der Waals surface area contributed by atoms with Crippen molar-refractivity contribution in [3.05, 3.63) is 28.8 Å². The van der Waals surface area contributed by atoms with Crippen molar-refractivity contribution in [2.75, 3.05) is 18.5 Å². The summed E-state index contributed by atoms with van der Waals surface area (Å²) in [5.74, 6) is 0. The Morgan fingerprint density at radius 2 is 2.11 bits per heavy atom. The van der Waals surface area contributed by atoms with Gasteiger partial charge in [-0.15, -0.1) is 0 Å². The highest BCUT2D eigenvalue weighted by Gasteiger charge is 2.20. The topological polar surface area (TPSA) is 15.3 Å². The van der Waals surface area contributed by atoms with Crippen LogP contribution >= 0.6 is 11.6 Å². The number of halogens is 1. The Labute approximate surface area is 122 Å². The molecular formula is C16H25ClN2. The lowest BCUT2D eigenvalue weighted by molar-refractivity contribution is 0.687. The van der Waals surface area contributed by atoms with Crippen LogP contribution in [0.4, 0.5) is 5.69 Å². The van der Waals surface area contributed by atoms with Crippen LogP contribution in [0.15, 0.2) is 18.2 Å². The third-order valence-electron chi connectivity index (χ3n) is 3.69. The lowest BCUT2D eigenvalue weighted by atomic mass is 10.2. The average Bonchev–Trinajstić information content (AvgIpc) is 3.20. The zero-order valence-corrected chi connectivity index (χ0v) is 12.8. The van der Waals surface area contributed by atoms with Crippen LogP contribution in [0, 0.1) is 0 Å². The van der Waals surface area contributed by atoms with Gasteiger partial charge in [-0.3, -0.25) is 0 Å². The Balaban J connectivity index is 1.89. The molecule has 0 atom stereocenters. The third-order valence-corrected chi connectivity index (χ3v) is 4.00. The van der Waals surface area contributed by atoms with Gasteiger partial charge in [0.2, 0.25) is 0 Å². The fraction of sp³-hybridized carbons (Fsp3) is 0.625. The van der Waals surface area contributed by atoms with E-state index in [0.717, 1.165) is 29.8 Å². The van der Waals surface area contributed by atoms with Gasteiger partial charge in [0, 0.05) is 26.2 Å². The summed E-state index contributed by atoms with van der Waals surface area (Å²) in [5.41, 5.74) is 2.43. The maximum absolute atomic E-state index is 6.40. The lowest BCUT2D eigenvalue weighted by Crippen LogP contribution is -2.19. The van der Waals surface area contributed by atoms with E-state index >= 15 is 0 Å². The molecule has 3 heteroatoms. The van der Waals surface area contributed by atoms with Crippen molar-refractivity contribution in [3.8, 4) is 0 Å². The van der Waals surface area contributed by atoms with Crippen molar-refractivity contribution >= 4 is 17.3 Å². The van der Waals surface area contributed by atoms with Crippen LogP contribution in [0.3, 0.4) is 0 Å². The number of benzene rings is 1. The molecule has 0 aromatic heterocycles. The fourth-order valence-electron chi connectivity index (χ4n) is 2.24. The standard InChI is InChI=1S/C16H25ClN2/c1-3-4-5-10-19(2)16-9-6-13(11-15(16)17)12-18-14-7-8-14/h6,9,11,14,18H,3-5,7-8,10,12H2,1-2H3. The summed E-state index contributed by atoms with van der Waals surface area (Å²) in [5, 5.41) is 4.39. The number of anilines is 1. The highest BCUT2D eigenvalue weighted by molar-refractivity contribution is 6.33. The Bertz CT molecular complexity index is 402. The third kappa shape index (κ3) is 4.70. The Hall–Kier alpha value is -0.730. The number of rotatable bonds is 8. The Morgan fingerprint density at radius 1 is 1.32 bits per heavy atom. The van der Waals surface area contributed by atoms with Crippen molar-refractivity contribution in [1.82, 2.24) is 5.32 Å². The molecule has 1 saturated carbocycles. The van der Waals surface area contributed by atoms with Gasteiger partial charge in [0.25, 0.3) is 0 Å². The zero-order valence-electron chi connectivity index (χ0n) is 12.1. The molecule has 1 aliphatic carbocycles. The van der Waals surface area contributed by atoms with E-state index < -0.39 is 0 Å². The van der Waals surface area contributed by atoms with E-state index in [1.165, 1.54) is 37.7 Å². The van der Waals surface area contributed by atoms with Crippen LogP contribution in [0.25, 0.3) is 0 Å². The van der Waals surface area contributed by atoms with Crippen molar-refractivity contribution in [3.63, 3.8) is 0 Å². The van der Waals surface area contributed by atoms with Crippen LogP contribution in [0.2, 0.25) is 5.02 Å². The van der Waals surface area contributed by atoms with Crippen LogP contribution in [-0.2, 0) is 6.54 Å². The predicted octanol–water partition coefficient (Wildman–Crippen LogP) is 4.22. The van der Waals surface area contributed by atoms with Gasteiger partial charge in [-0.1, -0.05) is 37.4 Å². The first-order valence-electron chi connectivity index (χ1n) is 7.43. The first kappa shape index (κ1) is 14.7. The molecule has 1 aromatic rings. The molecule has 0 radical (unpaired) electrons. The normalized spacial score (nSPS) is 14.7.